The Kier molecular flexibility index (Phi) is 12.7. The van der Waals surface area contributed by atoms with Crippen LogP contribution in [0.4, 0.5) is 4.79 Å². The highest BCUT2D eigenvalue weighted by atomic mass is 16.5. The third-order valence-electron chi connectivity index (χ3n) is 5.88. The van der Waals surface area contributed by atoms with Crippen LogP contribution in [0.5, 0.6) is 0 Å². The molecule has 200 valence electrons. The number of carboxylic acid groups (broad SMARTS) is 1. The molecule has 1 unspecified atom stereocenters. The molecule has 0 aliphatic carbocycles. The summed E-state index contributed by atoms with van der Waals surface area (Å²) in [6, 6.07) is 6.83. The molecule has 1 aliphatic rings. The van der Waals surface area contributed by atoms with Gasteiger partial charge in [0.05, 0.1) is 13.2 Å². The fourth-order valence-electron chi connectivity index (χ4n) is 3.94. The van der Waals surface area contributed by atoms with Gasteiger partial charge in [-0.1, -0.05) is 30.3 Å². The van der Waals surface area contributed by atoms with E-state index in [4.69, 9.17) is 14.2 Å². The maximum Gasteiger partial charge on any atom is 0.407 e. The van der Waals surface area contributed by atoms with Crippen LogP contribution in [0, 0.1) is 0 Å². The fourth-order valence-corrected chi connectivity index (χ4v) is 3.94. The van der Waals surface area contributed by atoms with Crippen molar-refractivity contribution in [2.75, 3.05) is 33.4 Å². The van der Waals surface area contributed by atoms with Crippen molar-refractivity contribution < 1.29 is 38.5 Å². The first-order chi connectivity index (χ1) is 17.3. The molecular weight excluding hydrogens is 470 g/mol. The predicted molar refractivity (Wildman–Crippen MR) is 130 cm³/mol. The van der Waals surface area contributed by atoms with Crippen LogP contribution in [0.25, 0.3) is 0 Å². The van der Waals surface area contributed by atoms with Crippen molar-refractivity contribution in [2.24, 2.45) is 0 Å². The zero-order valence-corrected chi connectivity index (χ0v) is 20.9. The van der Waals surface area contributed by atoms with Crippen molar-refractivity contribution in [1.29, 1.82) is 0 Å². The molecular formula is C25H37N3O8. The minimum absolute atomic E-state index is 0.180. The van der Waals surface area contributed by atoms with E-state index in [1.54, 1.807) is 6.92 Å². The number of ether oxygens (including phenoxy) is 3. The van der Waals surface area contributed by atoms with Crippen LogP contribution in [-0.4, -0.2) is 85.5 Å². The monoisotopic (exact) mass is 507 g/mol. The molecule has 11 heteroatoms. The number of aliphatic carboxylic acids is 1. The number of carbonyl (C=O) groups is 4. The lowest BCUT2D eigenvalue weighted by atomic mass is 10.1. The summed E-state index contributed by atoms with van der Waals surface area (Å²) in [5.74, 6) is -1.98. The normalized spacial score (nSPS) is 17.7. The maximum absolute atomic E-state index is 13.1. The Morgan fingerprint density at radius 1 is 1.17 bits per heavy atom. The zero-order chi connectivity index (χ0) is 26.3. The smallest absolute Gasteiger partial charge is 0.407 e. The summed E-state index contributed by atoms with van der Waals surface area (Å²) >= 11 is 0. The molecule has 36 heavy (non-hydrogen) atoms. The molecule has 0 bridgehead atoms. The summed E-state index contributed by atoms with van der Waals surface area (Å²) in [4.78, 5) is 50.3. The van der Waals surface area contributed by atoms with Gasteiger partial charge in [-0.15, -0.1) is 0 Å². The van der Waals surface area contributed by atoms with E-state index in [-0.39, 0.29) is 32.1 Å². The standard InChI is InChI=1S/C25H37N3O8/c1-18(22(29)28-14-8-15-35-16-12-21(28)23(30)31)27-20(24(32)34-2)11-6-7-13-26-25(33)36-17-19-9-4-3-5-10-19/h3-5,9-10,18,20-21,27H,6-8,11-17H2,1-2H3,(H,26,33)(H,30,31)/t18-,20-,21?/m0/s1. The molecule has 0 spiro atoms. The van der Waals surface area contributed by atoms with Crippen LogP contribution in [0.15, 0.2) is 30.3 Å². The van der Waals surface area contributed by atoms with Crippen LogP contribution < -0.4 is 10.6 Å². The second-order valence-electron chi connectivity index (χ2n) is 8.59. The van der Waals surface area contributed by atoms with Gasteiger partial charge < -0.3 is 29.5 Å². The molecule has 1 saturated heterocycles. The Hall–Kier alpha value is -3.18. The summed E-state index contributed by atoms with van der Waals surface area (Å²) < 4.78 is 15.4. The molecule has 0 saturated carbocycles. The number of methoxy groups -OCH3 is 1. The molecule has 11 nitrogen and oxygen atoms in total. The highest BCUT2D eigenvalue weighted by Crippen LogP contribution is 2.13. The predicted octanol–water partition coefficient (Wildman–Crippen LogP) is 1.70. The summed E-state index contributed by atoms with van der Waals surface area (Å²) in [5, 5.41) is 15.2. The van der Waals surface area contributed by atoms with Gasteiger partial charge in [0.25, 0.3) is 0 Å². The number of hydrogen-bond acceptors (Lipinski definition) is 8. The fraction of sp³-hybridized carbons (Fsp3) is 0.600. The van der Waals surface area contributed by atoms with E-state index >= 15 is 0 Å². The largest absolute Gasteiger partial charge is 0.480 e. The number of esters is 1. The Bertz CT molecular complexity index is 851. The number of rotatable bonds is 12. The van der Waals surface area contributed by atoms with Crippen molar-refractivity contribution in [1.82, 2.24) is 15.5 Å². The van der Waals surface area contributed by atoms with Crippen LogP contribution in [-0.2, 0) is 35.2 Å². The number of carboxylic acids is 1. The van der Waals surface area contributed by atoms with E-state index in [2.05, 4.69) is 10.6 Å². The van der Waals surface area contributed by atoms with Crippen molar-refractivity contribution in [2.45, 2.75) is 63.8 Å². The van der Waals surface area contributed by atoms with Gasteiger partial charge in [-0.3, -0.25) is 14.9 Å². The minimum atomic E-state index is -1.08. The SMILES string of the molecule is COC(=O)[C@H](CCCCNC(=O)OCc1ccccc1)N[C@@H](C)C(=O)N1CCCOCCC1C(=O)O. The number of nitrogens with one attached hydrogen (secondary N) is 2. The van der Waals surface area contributed by atoms with Crippen molar-refractivity contribution >= 4 is 23.9 Å². The number of amides is 2. The molecule has 1 aliphatic heterocycles. The van der Waals surface area contributed by atoms with Crippen molar-refractivity contribution in [3.8, 4) is 0 Å². The average Bonchev–Trinajstić information content (AvgIpc) is 2.86. The van der Waals surface area contributed by atoms with Gasteiger partial charge in [-0.25, -0.2) is 9.59 Å². The van der Waals surface area contributed by atoms with Gasteiger partial charge >= 0.3 is 18.0 Å². The van der Waals surface area contributed by atoms with Gasteiger partial charge in [0.15, 0.2) is 0 Å². The van der Waals surface area contributed by atoms with Crippen molar-refractivity contribution in [3.63, 3.8) is 0 Å². The second kappa shape index (κ2) is 15.7. The van der Waals surface area contributed by atoms with Gasteiger partial charge in [-0.05, 0) is 38.2 Å². The lowest BCUT2D eigenvalue weighted by Crippen LogP contribution is -2.55. The third-order valence-corrected chi connectivity index (χ3v) is 5.88. The number of unbranched alkanes of at least 4 members (excludes halogenated alkanes) is 1. The van der Waals surface area contributed by atoms with Gasteiger partial charge in [0, 0.05) is 32.7 Å². The van der Waals surface area contributed by atoms with E-state index in [9.17, 15) is 24.3 Å². The number of benzene rings is 1. The third kappa shape index (κ3) is 9.82. The second-order valence-corrected chi connectivity index (χ2v) is 8.59. The van der Waals surface area contributed by atoms with E-state index in [0.29, 0.717) is 38.8 Å². The van der Waals surface area contributed by atoms with Gasteiger partial charge in [-0.2, -0.15) is 0 Å². The first-order valence-corrected chi connectivity index (χ1v) is 12.2. The Labute approximate surface area is 211 Å². The highest BCUT2D eigenvalue weighted by molar-refractivity contribution is 5.87. The summed E-state index contributed by atoms with van der Waals surface area (Å²) in [6.07, 6.45) is 1.75. The van der Waals surface area contributed by atoms with E-state index in [1.807, 2.05) is 30.3 Å². The molecule has 1 heterocycles. The molecule has 3 N–H and O–H groups in total. The Balaban J connectivity index is 1.80. The topological polar surface area (TPSA) is 143 Å². The molecule has 2 amide bonds. The summed E-state index contributed by atoms with van der Waals surface area (Å²) in [5.41, 5.74) is 0.891. The van der Waals surface area contributed by atoms with E-state index in [0.717, 1.165) is 5.56 Å². The number of hydrogen-bond donors (Lipinski definition) is 3. The Morgan fingerprint density at radius 2 is 1.92 bits per heavy atom. The van der Waals surface area contributed by atoms with E-state index in [1.165, 1.54) is 12.0 Å². The van der Waals surface area contributed by atoms with Crippen LogP contribution >= 0.6 is 0 Å². The van der Waals surface area contributed by atoms with Gasteiger partial charge in [0.2, 0.25) is 5.91 Å². The summed E-state index contributed by atoms with van der Waals surface area (Å²) in [6.45, 7) is 3.14. The lowest BCUT2D eigenvalue weighted by molar-refractivity contribution is -0.153. The van der Waals surface area contributed by atoms with Crippen LogP contribution in [0.2, 0.25) is 0 Å². The molecule has 2 rings (SSSR count). The molecule has 0 radical (unpaired) electrons. The number of nitrogens with zero attached hydrogens (tertiary/aromatic N) is 1. The number of alkyl carbamates (subject to hydrolysis) is 1. The zero-order valence-electron chi connectivity index (χ0n) is 20.9. The molecule has 1 aromatic carbocycles. The minimum Gasteiger partial charge on any atom is -0.480 e. The Morgan fingerprint density at radius 3 is 2.61 bits per heavy atom. The first kappa shape index (κ1) is 29.1. The first-order valence-electron chi connectivity index (χ1n) is 12.2. The molecule has 1 fully saturated rings. The highest BCUT2D eigenvalue weighted by Gasteiger charge is 2.34. The average molecular weight is 508 g/mol. The molecule has 0 aromatic heterocycles. The van der Waals surface area contributed by atoms with Crippen LogP contribution in [0.1, 0.15) is 44.6 Å². The molecule has 3 atom stereocenters. The summed E-state index contributed by atoms with van der Waals surface area (Å²) in [7, 11) is 1.27. The molecule has 1 aromatic rings. The van der Waals surface area contributed by atoms with Gasteiger partial charge in [0.1, 0.15) is 18.7 Å². The lowest BCUT2D eigenvalue weighted by Gasteiger charge is -2.33. The quantitative estimate of drug-likeness (QED) is 0.284. The van der Waals surface area contributed by atoms with Crippen LogP contribution in [0.3, 0.4) is 0 Å². The van der Waals surface area contributed by atoms with E-state index < -0.39 is 36.2 Å². The maximum atomic E-state index is 13.1. The van der Waals surface area contributed by atoms with Crippen molar-refractivity contribution in [3.05, 3.63) is 35.9 Å². The number of carbonyl (C=O) groups excluding carboxylic acids is 3.